The summed E-state index contributed by atoms with van der Waals surface area (Å²) in [6.07, 6.45) is 4.66. The lowest BCUT2D eigenvalue weighted by Gasteiger charge is -2.28. The van der Waals surface area contributed by atoms with Crippen LogP contribution in [0.3, 0.4) is 0 Å². The molecule has 1 unspecified atom stereocenters. The van der Waals surface area contributed by atoms with Gasteiger partial charge in [-0.2, -0.15) is 0 Å². The summed E-state index contributed by atoms with van der Waals surface area (Å²) in [5, 5.41) is 0. The molecule has 1 aliphatic heterocycles. The third-order valence-corrected chi connectivity index (χ3v) is 2.70. The monoisotopic (exact) mass is 169 g/mol. The SMILES string of the molecule is CCC(C)C(=O)N1CCCCC1. The lowest BCUT2D eigenvalue weighted by Crippen LogP contribution is -2.38. The van der Waals surface area contributed by atoms with Crippen LogP contribution in [0.2, 0.25) is 0 Å². The molecular formula is C10H19NO. The number of nitrogens with zero attached hydrogens (tertiary/aromatic N) is 1. The number of piperidine rings is 1. The van der Waals surface area contributed by atoms with Gasteiger partial charge in [-0.25, -0.2) is 0 Å². The van der Waals surface area contributed by atoms with Gasteiger partial charge in [-0.1, -0.05) is 13.8 Å². The number of amides is 1. The summed E-state index contributed by atoms with van der Waals surface area (Å²) in [6, 6.07) is 0. The van der Waals surface area contributed by atoms with Gasteiger partial charge in [0.05, 0.1) is 0 Å². The summed E-state index contributed by atoms with van der Waals surface area (Å²) < 4.78 is 0. The Morgan fingerprint density at radius 2 is 1.92 bits per heavy atom. The normalized spacial score (nSPS) is 20.7. The van der Waals surface area contributed by atoms with Gasteiger partial charge in [0.15, 0.2) is 0 Å². The second-order valence-corrected chi connectivity index (χ2v) is 3.70. The predicted octanol–water partition coefficient (Wildman–Crippen LogP) is 2.04. The molecule has 0 aromatic heterocycles. The third-order valence-electron chi connectivity index (χ3n) is 2.70. The lowest BCUT2D eigenvalue weighted by atomic mass is 10.0. The van der Waals surface area contributed by atoms with Gasteiger partial charge >= 0.3 is 0 Å². The van der Waals surface area contributed by atoms with Gasteiger partial charge in [0.2, 0.25) is 5.91 Å². The zero-order chi connectivity index (χ0) is 8.97. The Morgan fingerprint density at radius 1 is 1.33 bits per heavy atom. The third kappa shape index (κ3) is 2.23. The van der Waals surface area contributed by atoms with Crippen LogP contribution >= 0.6 is 0 Å². The summed E-state index contributed by atoms with van der Waals surface area (Å²) in [6.45, 7) is 6.08. The average molecular weight is 169 g/mol. The highest BCUT2D eigenvalue weighted by atomic mass is 16.2. The highest BCUT2D eigenvalue weighted by Gasteiger charge is 2.20. The van der Waals surface area contributed by atoms with E-state index in [0.717, 1.165) is 19.5 Å². The van der Waals surface area contributed by atoms with Crippen molar-refractivity contribution in [2.75, 3.05) is 13.1 Å². The van der Waals surface area contributed by atoms with Crippen LogP contribution in [0.1, 0.15) is 39.5 Å². The highest BCUT2D eigenvalue weighted by Crippen LogP contribution is 2.13. The Morgan fingerprint density at radius 3 is 2.42 bits per heavy atom. The van der Waals surface area contributed by atoms with Gasteiger partial charge in [-0.3, -0.25) is 4.79 Å². The molecule has 1 fully saturated rings. The van der Waals surface area contributed by atoms with E-state index in [-0.39, 0.29) is 5.92 Å². The van der Waals surface area contributed by atoms with Crippen molar-refractivity contribution in [1.29, 1.82) is 0 Å². The zero-order valence-corrected chi connectivity index (χ0v) is 8.18. The van der Waals surface area contributed by atoms with Crippen LogP contribution in [-0.2, 0) is 4.79 Å². The quantitative estimate of drug-likeness (QED) is 0.619. The van der Waals surface area contributed by atoms with Crippen molar-refractivity contribution in [3.05, 3.63) is 0 Å². The van der Waals surface area contributed by atoms with E-state index in [1.54, 1.807) is 0 Å². The van der Waals surface area contributed by atoms with E-state index in [1.165, 1.54) is 19.3 Å². The first-order valence-electron chi connectivity index (χ1n) is 5.04. The molecule has 0 aromatic carbocycles. The fourth-order valence-corrected chi connectivity index (χ4v) is 1.60. The smallest absolute Gasteiger partial charge is 0.225 e. The molecule has 0 N–H and O–H groups in total. The molecule has 12 heavy (non-hydrogen) atoms. The van der Waals surface area contributed by atoms with Crippen LogP contribution in [0.15, 0.2) is 0 Å². The van der Waals surface area contributed by atoms with E-state index in [0.29, 0.717) is 5.91 Å². The van der Waals surface area contributed by atoms with Crippen LogP contribution in [-0.4, -0.2) is 23.9 Å². The van der Waals surface area contributed by atoms with Crippen LogP contribution in [0.4, 0.5) is 0 Å². The van der Waals surface area contributed by atoms with Crippen molar-refractivity contribution in [1.82, 2.24) is 4.90 Å². The molecule has 0 aromatic rings. The molecule has 0 radical (unpaired) electrons. The molecule has 0 bridgehead atoms. The Bertz CT molecular complexity index is 150. The maximum Gasteiger partial charge on any atom is 0.225 e. The van der Waals surface area contributed by atoms with Gasteiger partial charge in [0.25, 0.3) is 0 Å². The summed E-state index contributed by atoms with van der Waals surface area (Å²) in [7, 11) is 0. The van der Waals surface area contributed by atoms with Crippen LogP contribution in [0.5, 0.6) is 0 Å². The lowest BCUT2D eigenvalue weighted by molar-refractivity contribution is -0.135. The molecule has 2 heteroatoms. The first-order chi connectivity index (χ1) is 5.75. The van der Waals surface area contributed by atoms with Crippen LogP contribution in [0, 0.1) is 5.92 Å². The molecule has 0 saturated carbocycles. The van der Waals surface area contributed by atoms with Crippen molar-refractivity contribution in [2.45, 2.75) is 39.5 Å². The van der Waals surface area contributed by atoms with Crippen molar-refractivity contribution >= 4 is 5.91 Å². The van der Waals surface area contributed by atoms with Gasteiger partial charge < -0.3 is 4.90 Å². The van der Waals surface area contributed by atoms with Crippen LogP contribution in [0.25, 0.3) is 0 Å². The number of carbonyl (C=O) groups excluding carboxylic acids is 1. The highest BCUT2D eigenvalue weighted by molar-refractivity contribution is 5.78. The van der Waals surface area contributed by atoms with E-state index in [9.17, 15) is 4.79 Å². The molecule has 2 nitrogen and oxygen atoms in total. The van der Waals surface area contributed by atoms with Crippen LogP contribution < -0.4 is 0 Å². The molecule has 70 valence electrons. The minimum absolute atomic E-state index is 0.225. The van der Waals surface area contributed by atoms with E-state index < -0.39 is 0 Å². The zero-order valence-electron chi connectivity index (χ0n) is 8.18. The van der Waals surface area contributed by atoms with Gasteiger partial charge in [0, 0.05) is 19.0 Å². The molecule has 1 amide bonds. The van der Waals surface area contributed by atoms with E-state index in [2.05, 4.69) is 6.92 Å². The molecule has 1 rings (SSSR count). The number of likely N-dealkylation sites (tertiary alicyclic amines) is 1. The summed E-state index contributed by atoms with van der Waals surface area (Å²) in [5.74, 6) is 0.584. The minimum Gasteiger partial charge on any atom is -0.342 e. The average Bonchev–Trinajstić information content (AvgIpc) is 2.17. The van der Waals surface area contributed by atoms with Crippen molar-refractivity contribution < 1.29 is 4.79 Å². The topological polar surface area (TPSA) is 20.3 Å². The molecule has 1 aliphatic rings. The molecule has 1 atom stereocenters. The van der Waals surface area contributed by atoms with E-state index >= 15 is 0 Å². The number of rotatable bonds is 2. The standard InChI is InChI=1S/C10H19NO/c1-3-9(2)10(12)11-7-5-4-6-8-11/h9H,3-8H2,1-2H3. The van der Waals surface area contributed by atoms with E-state index in [1.807, 2.05) is 11.8 Å². The molecule has 0 aliphatic carbocycles. The Kier molecular flexibility index (Phi) is 3.57. The molecule has 0 spiro atoms. The second kappa shape index (κ2) is 4.48. The van der Waals surface area contributed by atoms with Crippen molar-refractivity contribution in [2.24, 2.45) is 5.92 Å². The molecule has 1 heterocycles. The second-order valence-electron chi connectivity index (χ2n) is 3.70. The van der Waals surface area contributed by atoms with Crippen molar-refractivity contribution in [3.63, 3.8) is 0 Å². The largest absolute Gasteiger partial charge is 0.342 e. The first kappa shape index (κ1) is 9.56. The molecule has 1 saturated heterocycles. The van der Waals surface area contributed by atoms with Crippen molar-refractivity contribution in [3.8, 4) is 0 Å². The minimum atomic E-state index is 0.225. The maximum atomic E-state index is 11.7. The fourth-order valence-electron chi connectivity index (χ4n) is 1.60. The van der Waals surface area contributed by atoms with Gasteiger partial charge in [-0.05, 0) is 25.7 Å². The Labute approximate surface area is 74.9 Å². The summed E-state index contributed by atoms with van der Waals surface area (Å²) in [4.78, 5) is 13.7. The summed E-state index contributed by atoms with van der Waals surface area (Å²) in [5.41, 5.74) is 0. The predicted molar refractivity (Wildman–Crippen MR) is 49.9 cm³/mol. The maximum absolute atomic E-state index is 11.7. The first-order valence-corrected chi connectivity index (χ1v) is 5.04. The fraction of sp³-hybridized carbons (Fsp3) is 0.900. The van der Waals surface area contributed by atoms with E-state index in [4.69, 9.17) is 0 Å². The Balaban J connectivity index is 2.39. The summed E-state index contributed by atoms with van der Waals surface area (Å²) >= 11 is 0. The number of hydrogen-bond donors (Lipinski definition) is 0. The number of hydrogen-bond acceptors (Lipinski definition) is 1. The number of carbonyl (C=O) groups is 1. The molecular weight excluding hydrogens is 150 g/mol. The Hall–Kier alpha value is -0.530. The van der Waals surface area contributed by atoms with Gasteiger partial charge in [0.1, 0.15) is 0 Å². The van der Waals surface area contributed by atoms with Gasteiger partial charge in [-0.15, -0.1) is 0 Å².